The maximum Gasteiger partial charge on any atom is 0.244 e. The van der Waals surface area contributed by atoms with Crippen molar-refractivity contribution in [2.24, 2.45) is 0 Å². The molecule has 0 aliphatic carbocycles. The molecule has 0 saturated carbocycles. The molecule has 1 aliphatic rings. The van der Waals surface area contributed by atoms with Crippen LogP contribution in [-0.2, 0) is 11.3 Å². The SMILES string of the molecule is Cc1cnnn1CC(=O)N1CCCCC1C. The molecule has 1 aliphatic heterocycles. The van der Waals surface area contributed by atoms with Gasteiger partial charge in [0.15, 0.2) is 0 Å². The number of carbonyl (C=O) groups excluding carboxylic acids is 1. The van der Waals surface area contributed by atoms with E-state index in [4.69, 9.17) is 0 Å². The van der Waals surface area contributed by atoms with Crippen molar-refractivity contribution in [3.05, 3.63) is 11.9 Å². The summed E-state index contributed by atoms with van der Waals surface area (Å²) < 4.78 is 1.66. The van der Waals surface area contributed by atoms with Gasteiger partial charge < -0.3 is 4.90 Å². The fourth-order valence-corrected chi connectivity index (χ4v) is 2.15. The van der Waals surface area contributed by atoms with Gasteiger partial charge in [-0.15, -0.1) is 5.10 Å². The summed E-state index contributed by atoms with van der Waals surface area (Å²) >= 11 is 0. The van der Waals surface area contributed by atoms with Crippen LogP contribution in [0.5, 0.6) is 0 Å². The molecule has 1 aromatic rings. The van der Waals surface area contributed by atoms with Gasteiger partial charge in [0, 0.05) is 12.6 Å². The lowest BCUT2D eigenvalue weighted by Crippen LogP contribution is -2.43. The van der Waals surface area contributed by atoms with Crippen LogP contribution in [-0.4, -0.2) is 38.4 Å². The molecule has 2 rings (SSSR count). The lowest BCUT2D eigenvalue weighted by atomic mass is 10.0. The van der Waals surface area contributed by atoms with Crippen molar-refractivity contribution < 1.29 is 4.79 Å². The third-order valence-electron chi connectivity index (χ3n) is 3.22. The Hall–Kier alpha value is -1.39. The monoisotopic (exact) mass is 222 g/mol. The van der Waals surface area contributed by atoms with E-state index in [9.17, 15) is 4.79 Å². The third kappa shape index (κ3) is 2.23. The number of rotatable bonds is 2. The van der Waals surface area contributed by atoms with Crippen LogP contribution in [0.2, 0.25) is 0 Å². The maximum atomic E-state index is 12.1. The lowest BCUT2D eigenvalue weighted by molar-refractivity contribution is -0.135. The van der Waals surface area contributed by atoms with E-state index in [0.717, 1.165) is 25.1 Å². The second-order valence-corrected chi connectivity index (χ2v) is 4.46. The van der Waals surface area contributed by atoms with E-state index in [1.807, 2.05) is 11.8 Å². The summed E-state index contributed by atoms with van der Waals surface area (Å²) in [6, 6.07) is 0.366. The number of nitrogens with zero attached hydrogens (tertiary/aromatic N) is 4. The van der Waals surface area contributed by atoms with Gasteiger partial charge in [0.2, 0.25) is 5.91 Å². The summed E-state index contributed by atoms with van der Waals surface area (Å²) in [4.78, 5) is 14.0. The molecule has 1 amide bonds. The van der Waals surface area contributed by atoms with Crippen molar-refractivity contribution in [1.29, 1.82) is 0 Å². The summed E-state index contributed by atoms with van der Waals surface area (Å²) in [7, 11) is 0. The van der Waals surface area contributed by atoms with Gasteiger partial charge in [-0.3, -0.25) is 4.79 Å². The van der Waals surface area contributed by atoms with Crippen LogP contribution in [0.3, 0.4) is 0 Å². The fraction of sp³-hybridized carbons (Fsp3) is 0.727. The van der Waals surface area contributed by atoms with Crippen molar-refractivity contribution in [3.63, 3.8) is 0 Å². The number of aromatic nitrogens is 3. The Bertz CT molecular complexity index is 374. The zero-order valence-electron chi connectivity index (χ0n) is 9.89. The molecule has 1 saturated heterocycles. The molecule has 1 fully saturated rings. The molecule has 0 bridgehead atoms. The van der Waals surface area contributed by atoms with Crippen LogP contribution >= 0.6 is 0 Å². The van der Waals surface area contributed by atoms with Crippen molar-refractivity contribution in [1.82, 2.24) is 19.9 Å². The molecule has 1 aromatic heterocycles. The fourth-order valence-electron chi connectivity index (χ4n) is 2.15. The summed E-state index contributed by atoms with van der Waals surface area (Å²) in [6.45, 7) is 5.22. The summed E-state index contributed by atoms with van der Waals surface area (Å²) in [5.41, 5.74) is 0.929. The van der Waals surface area contributed by atoms with Gasteiger partial charge in [-0.25, -0.2) is 4.68 Å². The molecule has 88 valence electrons. The van der Waals surface area contributed by atoms with Crippen molar-refractivity contribution in [2.75, 3.05) is 6.54 Å². The van der Waals surface area contributed by atoms with E-state index in [-0.39, 0.29) is 5.91 Å². The molecule has 0 spiro atoms. The van der Waals surface area contributed by atoms with Gasteiger partial charge in [-0.1, -0.05) is 5.21 Å². The number of piperidine rings is 1. The predicted molar refractivity (Wildman–Crippen MR) is 59.8 cm³/mol. The molecule has 0 aromatic carbocycles. The van der Waals surface area contributed by atoms with Gasteiger partial charge in [0.1, 0.15) is 6.54 Å². The minimum Gasteiger partial charge on any atom is -0.338 e. The highest BCUT2D eigenvalue weighted by atomic mass is 16.2. The molecule has 2 heterocycles. The Kier molecular flexibility index (Phi) is 3.22. The highest BCUT2D eigenvalue weighted by Crippen LogP contribution is 2.16. The Morgan fingerprint density at radius 3 is 3.00 bits per heavy atom. The second-order valence-electron chi connectivity index (χ2n) is 4.46. The van der Waals surface area contributed by atoms with Crippen LogP contribution in [0.15, 0.2) is 6.20 Å². The van der Waals surface area contributed by atoms with Crippen LogP contribution in [0, 0.1) is 6.92 Å². The molecule has 16 heavy (non-hydrogen) atoms. The third-order valence-corrected chi connectivity index (χ3v) is 3.22. The van der Waals surface area contributed by atoms with Gasteiger partial charge in [-0.05, 0) is 33.1 Å². The zero-order chi connectivity index (χ0) is 11.5. The Morgan fingerprint density at radius 1 is 1.56 bits per heavy atom. The van der Waals surface area contributed by atoms with Crippen LogP contribution in [0.4, 0.5) is 0 Å². The van der Waals surface area contributed by atoms with Crippen molar-refractivity contribution in [3.8, 4) is 0 Å². The van der Waals surface area contributed by atoms with Gasteiger partial charge in [-0.2, -0.15) is 0 Å². The summed E-state index contributed by atoms with van der Waals surface area (Å²) in [5, 5.41) is 7.68. The molecule has 0 N–H and O–H groups in total. The molecular formula is C11H18N4O. The van der Waals surface area contributed by atoms with E-state index >= 15 is 0 Å². The maximum absolute atomic E-state index is 12.1. The number of hydrogen-bond acceptors (Lipinski definition) is 3. The van der Waals surface area contributed by atoms with E-state index in [1.165, 1.54) is 6.42 Å². The smallest absolute Gasteiger partial charge is 0.244 e. The topological polar surface area (TPSA) is 51.0 Å². The molecule has 1 atom stereocenters. The Morgan fingerprint density at radius 2 is 2.38 bits per heavy atom. The standard InChI is InChI=1S/C11H18N4O/c1-9-5-3-4-6-14(9)11(16)8-15-10(2)7-12-13-15/h7,9H,3-6,8H2,1-2H3. The van der Waals surface area contributed by atoms with Crippen molar-refractivity contribution in [2.45, 2.75) is 45.7 Å². The Labute approximate surface area is 95.4 Å². The summed E-state index contributed by atoms with van der Waals surface area (Å²) in [5.74, 6) is 0.154. The van der Waals surface area contributed by atoms with Crippen molar-refractivity contribution >= 4 is 5.91 Å². The lowest BCUT2D eigenvalue weighted by Gasteiger charge is -2.33. The zero-order valence-corrected chi connectivity index (χ0v) is 9.89. The molecule has 5 heteroatoms. The number of aryl methyl sites for hydroxylation is 1. The predicted octanol–water partition coefficient (Wildman–Crippen LogP) is 0.988. The highest BCUT2D eigenvalue weighted by molar-refractivity contribution is 5.76. The quantitative estimate of drug-likeness (QED) is 0.749. The first-order chi connectivity index (χ1) is 7.68. The first-order valence-corrected chi connectivity index (χ1v) is 5.83. The van der Waals surface area contributed by atoms with E-state index in [0.29, 0.717) is 12.6 Å². The van der Waals surface area contributed by atoms with Gasteiger partial charge in [0.25, 0.3) is 0 Å². The van der Waals surface area contributed by atoms with E-state index < -0.39 is 0 Å². The number of hydrogen-bond donors (Lipinski definition) is 0. The molecule has 5 nitrogen and oxygen atoms in total. The number of likely N-dealkylation sites (tertiary alicyclic amines) is 1. The molecular weight excluding hydrogens is 204 g/mol. The second kappa shape index (κ2) is 4.63. The number of amides is 1. The average Bonchev–Trinajstić information content (AvgIpc) is 2.65. The van der Waals surface area contributed by atoms with E-state index in [2.05, 4.69) is 17.2 Å². The Balaban J connectivity index is 2.00. The van der Waals surface area contributed by atoms with E-state index in [1.54, 1.807) is 10.9 Å². The average molecular weight is 222 g/mol. The van der Waals surface area contributed by atoms with Crippen LogP contribution in [0.1, 0.15) is 31.9 Å². The summed E-state index contributed by atoms with van der Waals surface area (Å²) in [6.07, 6.45) is 5.13. The minimum atomic E-state index is 0.154. The first-order valence-electron chi connectivity index (χ1n) is 5.83. The minimum absolute atomic E-state index is 0.154. The normalized spacial score (nSPS) is 21.1. The molecule has 0 radical (unpaired) electrons. The first kappa shape index (κ1) is 11.1. The highest BCUT2D eigenvalue weighted by Gasteiger charge is 2.23. The molecule has 1 unspecified atom stereocenters. The largest absolute Gasteiger partial charge is 0.338 e. The van der Waals surface area contributed by atoms with Gasteiger partial charge >= 0.3 is 0 Å². The van der Waals surface area contributed by atoms with Crippen LogP contribution in [0.25, 0.3) is 0 Å². The van der Waals surface area contributed by atoms with Gasteiger partial charge in [0.05, 0.1) is 11.9 Å². The number of carbonyl (C=O) groups is 1. The van der Waals surface area contributed by atoms with Crippen LogP contribution < -0.4 is 0 Å².